The smallest absolute Gasteiger partial charge is 0.141 e. The van der Waals surface area contributed by atoms with Crippen molar-refractivity contribution in [1.82, 2.24) is 9.88 Å². The number of aromatic nitrogens is 1. The first-order chi connectivity index (χ1) is 7.74. The van der Waals surface area contributed by atoms with E-state index in [9.17, 15) is 4.39 Å². The van der Waals surface area contributed by atoms with Crippen molar-refractivity contribution < 1.29 is 4.39 Å². The summed E-state index contributed by atoms with van der Waals surface area (Å²) in [4.78, 5) is 6.34. The number of rotatable bonds is 3. The molecule has 0 amide bonds. The summed E-state index contributed by atoms with van der Waals surface area (Å²) in [5.74, 6) is 1.14. The Labute approximate surface area is 95.7 Å². The Kier molecular flexibility index (Phi) is 3.72. The molecule has 1 N–H and O–H groups in total. The van der Waals surface area contributed by atoms with Gasteiger partial charge in [-0.2, -0.15) is 0 Å². The number of hydrogen-bond acceptors (Lipinski definition) is 3. The van der Waals surface area contributed by atoms with E-state index in [1.54, 1.807) is 6.07 Å². The first-order valence-electron chi connectivity index (χ1n) is 5.78. The molecule has 1 fully saturated rings. The molecule has 0 aliphatic carbocycles. The lowest BCUT2D eigenvalue weighted by Gasteiger charge is -2.29. The van der Waals surface area contributed by atoms with Crippen molar-refractivity contribution in [3.05, 3.63) is 24.1 Å². The molecule has 0 aromatic carbocycles. The largest absolute Gasteiger partial charge is 0.370 e. The lowest BCUT2D eigenvalue weighted by Crippen LogP contribution is -2.35. The van der Waals surface area contributed by atoms with Gasteiger partial charge in [0.25, 0.3) is 0 Å². The molecule has 4 heteroatoms. The summed E-state index contributed by atoms with van der Waals surface area (Å²) in [7, 11) is 2.16. The molecule has 1 aliphatic heterocycles. The molecule has 88 valence electrons. The molecule has 0 saturated carbocycles. The lowest BCUT2D eigenvalue weighted by atomic mass is 9.98. The maximum atomic E-state index is 12.6. The molecule has 1 atom stereocenters. The highest BCUT2D eigenvalue weighted by atomic mass is 19.1. The van der Waals surface area contributed by atoms with Gasteiger partial charge in [-0.25, -0.2) is 9.37 Å². The molecule has 1 aromatic heterocycles. The van der Waals surface area contributed by atoms with Crippen LogP contribution in [0.5, 0.6) is 0 Å². The normalized spacial score (nSPS) is 22.0. The Balaban J connectivity index is 1.80. The summed E-state index contributed by atoms with van der Waals surface area (Å²) >= 11 is 0. The van der Waals surface area contributed by atoms with E-state index in [4.69, 9.17) is 0 Å². The fourth-order valence-corrected chi connectivity index (χ4v) is 2.17. The number of hydrogen-bond donors (Lipinski definition) is 1. The van der Waals surface area contributed by atoms with Crippen molar-refractivity contribution >= 4 is 5.82 Å². The minimum atomic E-state index is -0.289. The van der Waals surface area contributed by atoms with Gasteiger partial charge in [0.1, 0.15) is 11.6 Å². The van der Waals surface area contributed by atoms with E-state index in [2.05, 4.69) is 22.2 Å². The SMILES string of the molecule is CN1CCCC(CNc2ccc(F)cn2)C1. The third-order valence-electron chi connectivity index (χ3n) is 3.02. The minimum absolute atomic E-state index is 0.289. The van der Waals surface area contributed by atoms with Gasteiger partial charge >= 0.3 is 0 Å². The summed E-state index contributed by atoms with van der Waals surface area (Å²) < 4.78 is 12.6. The van der Waals surface area contributed by atoms with Gasteiger partial charge in [-0.1, -0.05) is 0 Å². The Morgan fingerprint density at radius 3 is 3.12 bits per heavy atom. The molecule has 1 aliphatic rings. The van der Waals surface area contributed by atoms with E-state index in [-0.39, 0.29) is 5.82 Å². The average Bonchev–Trinajstić information content (AvgIpc) is 2.28. The first kappa shape index (κ1) is 11.3. The van der Waals surface area contributed by atoms with E-state index in [1.807, 2.05) is 0 Å². The molecule has 0 spiro atoms. The van der Waals surface area contributed by atoms with Crippen molar-refractivity contribution in [2.24, 2.45) is 5.92 Å². The standard InChI is InChI=1S/C12H18FN3/c1-16-6-2-3-10(9-16)7-14-12-5-4-11(13)8-15-12/h4-5,8,10H,2-3,6-7,9H2,1H3,(H,14,15). The maximum Gasteiger partial charge on any atom is 0.141 e. The topological polar surface area (TPSA) is 28.2 Å². The van der Waals surface area contributed by atoms with Gasteiger partial charge in [-0.3, -0.25) is 0 Å². The summed E-state index contributed by atoms with van der Waals surface area (Å²) in [6.07, 6.45) is 3.77. The monoisotopic (exact) mass is 223 g/mol. The van der Waals surface area contributed by atoms with Crippen LogP contribution in [0.4, 0.5) is 10.2 Å². The van der Waals surface area contributed by atoms with Crippen LogP contribution in [0.3, 0.4) is 0 Å². The van der Waals surface area contributed by atoms with Crippen LogP contribution in [0.1, 0.15) is 12.8 Å². The summed E-state index contributed by atoms with van der Waals surface area (Å²) in [5.41, 5.74) is 0. The molecule has 0 radical (unpaired) electrons. The molecular weight excluding hydrogens is 205 g/mol. The minimum Gasteiger partial charge on any atom is -0.370 e. The van der Waals surface area contributed by atoms with Crippen LogP contribution in [0, 0.1) is 11.7 Å². The molecule has 2 heterocycles. The highest BCUT2D eigenvalue weighted by Crippen LogP contribution is 2.15. The Hall–Kier alpha value is -1.16. The predicted octanol–water partition coefficient (Wildman–Crippen LogP) is 1.97. The fourth-order valence-electron chi connectivity index (χ4n) is 2.17. The van der Waals surface area contributed by atoms with Gasteiger partial charge < -0.3 is 10.2 Å². The summed E-state index contributed by atoms with van der Waals surface area (Å²) in [6.45, 7) is 3.25. The van der Waals surface area contributed by atoms with E-state index in [1.165, 1.54) is 31.6 Å². The number of anilines is 1. The van der Waals surface area contributed by atoms with E-state index < -0.39 is 0 Å². The number of nitrogens with zero attached hydrogens (tertiary/aromatic N) is 2. The third kappa shape index (κ3) is 3.17. The van der Waals surface area contributed by atoms with Crippen LogP contribution in [-0.2, 0) is 0 Å². The van der Waals surface area contributed by atoms with Crippen molar-refractivity contribution in [2.45, 2.75) is 12.8 Å². The molecule has 1 aromatic rings. The molecule has 1 saturated heterocycles. The second kappa shape index (κ2) is 5.25. The van der Waals surface area contributed by atoms with Crippen molar-refractivity contribution in [1.29, 1.82) is 0 Å². The Morgan fingerprint density at radius 2 is 2.44 bits per heavy atom. The van der Waals surface area contributed by atoms with Gasteiger partial charge in [-0.05, 0) is 44.5 Å². The maximum absolute atomic E-state index is 12.6. The van der Waals surface area contributed by atoms with Crippen LogP contribution >= 0.6 is 0 Å². The van der Waals surface area contributed by atoms with Gasteiger partial charge in [-0.15, -0.1) is 0 Å². The number of piperidine rings is 1. The first-order valence-corrected chi connectivity index (χ1v) is 5.78. The van der Waals surface area contributed by atoms with Crippen LogP contribution in [0.15, 0.2) is 18.3 Å². The van der Waals surface area contributed by atoms with Gasteiger partial charge in [0, 0.05) is 13.1 Å². The number of likely N-dealkylation sites (tertiary alicyclic amines) is 1. The third-order valence-corrected chi connectivity index (χ3v) is 3.02. The number of pyridine rings is 1. The molecule has 3 nitrogen and oxygen atoms in total. The van der Waals surface area contributed by atoms with Gasteiger partial charge in [0.2, 0.25) is 0 Å². The quantitative estimate of drug-likeness (QED) is 0.849. The van der Waals surface area contributed by atoms with Gasteiger partial charge in [0.05, 0.1) is 6.20 Å². The van der Waals surface area contributed by atoms with E-state index >= 15 is 0 Å². The Morgan fingerprint density at radius 1 is 1.56 bits per heavy atom. The second-order valence-corrected chi connectivity index (χ2v) is 4.51. The number of nitrogens with one attached hydrogen (secondary N) is 1. The number of halogens is 1. The lowest BCUT2D eigenvalue weighted by molar-refractivity contribution is 0.217. The fraction of sp³-hybridized carbons (Fsp3) is 0.583. The highest BCUT2D eigenvalue weighted by molar-refractivity contribution is 5.33. The van der Waals surface area contributed by atoms with Crippen molar-refractivity contribution in [3.8, 4) is 0 Å². The Bertz CT molecular complexity index is 326. The molecule has 16 heavy (non-hydrogen) atoms. The molecule has 2 rings (SSSR count). The molecule has 0 bridgehead atoms. The zero-order chi connectivity index (χ0) is 11.4. The van der Waals surface area contributed by atoms with Crippen LogP contribution in [-0.4, -0.2) is 36.6 Å². The second-order valence-electron chi connectivity index (χ2n) is 4.51. The zero-order valence-corrected chi connectivity index (χ0v) is 9.62. The van der Waals surface area contributed by atoms with E-state index in [0.29, 0.717) is 5.92 Å². The van der Waals surface area contributed by atoms with Gasteiger partial charge in [0.15, 0.2) is 0 Å². The summed E-state index contributed by atoms with van der Waals surface area (Å²) in [5, 5.41) is 3.26. The molecule has 1 unspecified atom stereocenters. The molecular formula is C12H18FN3. The summed E-state index contributed by atoms with van der Waals surface area (Å²) in [6, 6.07) is 3.12. The van der Waals surface area contributed by atoms with Crippen LogP contribution in [0.2, 0.25) is 0 Å². The zero-order valence-electron chi connectivity index (χ0n) is 9.62. The average molecular weight is 223 g/mol. The highest BCUT2D eigenvalue weighted by Gasteiger charge is 2.16. The van der Waals surface area contributed by atoms with E-state index in [0.717, 1.165) is 18.9 Å². The van der Waals surface area contributed by atoms with Crippen LogP contribution < -0.4 is 5.32 Å². The van der Waals surface area contributed by atoms with Crippen LogP contribution in [0.25, 0.3) is 0 Å². The predicted molar refractivity (Wildman–Crippen MR) is 62.9 cm³/mol. The van der Waals surface area contributed by atoms with Crippen molar-refractivity contribution in [2.75, 3.05) is 32.0 Å². The van der Waals surface area contributed by atoms with Crippen molar-refractivity contribution in [3.63, 3.8) is 0 Å².